The van der Waals surface area contributed by atoms with Gasteiger partial charge in [0.05, 0.1) is 12.7 Å². The second-order valence-corrected chi connectivity index (χ2v) is 2.47. The maximum atomic E-state index is 5.24. The van der Waals surface area contributed by atoms with Gasteiger partial charge in [-0.25, -0.2) is 4.98 Å². The molecule has 1 heterocycles. The van der Waals surface area contributed by atoms with E-state index in [-0.39, 0.29) is 6.10 Å². The summed E-state index contributed by atoms with van der Waals surface area (Å²) in [7, 11) is 0. The normalized spacial score (nSPS) is 10.8. The van der Waals surface area contributed by atoms with Gasteiger partial charge in [0.2, 0.25) is 0 Å². The van der Waals surface area contributed by atoms with Crippen LogP contribution in [-0.4, -0.2) is 22.7 Å². The van der Waals surface area contributed by atoms with E-state index in [4.69, 9.17) is 4.74 Å². The van der Waals surface area contributed by atoms with Gasteiger partial charge in [0.1, 0.15) is 5.82 Å². The molecule has 1 aromatic rings. The van der Waals surface area contributed by atoms with Crippen LogP contribution in [0.5, 0.6) is 0 Å². The highest BCUT2D eigenvalue weighted by Crippen LogP contribution is 1.93. The highest BCUT2D eigenvalue weighted by atomic mass is 16.5. The van der Waals surface area contributed by atoms with E-state index in [1.54, 1.807) is 6.20 Å². The van der Waals surface area contributed by atoms with Crippen LogP contribution in [0.4, 0.5) is 0 Å². The summed E-state index contributed by atoms with van der Waals surface area (Å²) in [4.78, 5) is 7.06. The van der Waals surface area contributed by atoms with E-state index < -0.39 is 0 Å². The number of hydrogen-bond acceptors (Lipinski definition) is 2. The minimum atomic E-state index is 0.0602. The Morgan fingerprint density at radius 1 is 1.82 bits per heavy atom. The van der Waals surface area contributed by atoms with E-state index in [2.05, 4.69) is 16.9 Å². The van der Waals surface area contributed by atoms with Gasteiger partial charge >= 0.3 is 0 Å². The predicted octanol–water partition coefficient (Wildman–Crippen LogP) is 1.19. The fourth-order valence-corrected chi connectivity index (χ4v) is 0.791. The minimum Gasteiger partial charge on any atom is -0.378 e. The van der Waals surface area contributed by atoms with Crippen LogP contribution in [0.25, 0.3) is 0 Å². The van der Waals surface area contributed by atoms with Gasteiger partial charge in [0.15, 0.2) is 0 Å². The first-order chi connectivity index (χ1) is 5.29. The smallest absolute Gasteiger partial charge is 0.108 e. The molecule has 61 valence electrons. The lowest BCUT2D eigenvalue weighted by molar-refractivity contribution is 0.0974. The molecule has 1 unspecified atom stereocenters. The summed E-state index contributed by atoms with van der Waals surface area (Å²) < 4.78 is 5.24. The SMILES string of the molecule is [CH2]C(C)OCCc1ncc[nH]1. The number of H-pyrrole nitrogens is 1. The van der Waals surface area contributed by atoms with Crippen molar-refractivity contribution in [2.24, 2.45) is 0 Å². The minimum absolute atomic E-state index is 0.0602. The van der Waals surface area contributed by atoms with Gasteiger partial charge < -0.3 is 9.72 Å². The number of rotatable bonds is 4. The van der Waals surface area contributed by atoms with E-state index in [1.807, 2.05) is 13.1 Å². The van der Waals surface area contributed by atoms with Crippen LogP contribution in [0.3, 0.4) is 0 Å². The largest absolute Gasteiger partial charge is 0.378 e. The number of hydrogen-bond donors (Lipinski definition) is 1. The third-order valence-corrected chi connectivity index (χ3v) is 1.30. The molecule has 3 nitrogen and oxygen atoms in total. The Labute approximate surface area is 66.8 Å². The molecule has 1 aromatic heterocycles. The molecule has 0 aromatic carbocycles. The second-order valence-electron chi connectivity index (χ2n) is 2.47. The number of nitrogens with one attached hydrogen (secondary N) is 1. The van der Waals surface area contributed by atoms with E-state index in [0.717, 1.165) is 12.2 Å². The summed E-state index contributed by atoms with van der Waals surface area (Å²) in [6.07, 6.45) is 4.43. The molecule has 1 radical (unpaired) electrons. The molecule has 1 N–H and O–H groups in total. The van der Waals surface area contributed by atoms with Crippen LogP contribution >= 0.6 is 0 Å². The molecule has 1 atom stereocenters. The number of ether oxygens (including phenoxy) is 1. The van der Waals surface area contributed by atoms with Crippen molar-refractivity contribution in [2.75, 3.05) is 6.61 Å². The van der Waals surface area contributed by atoms with Crippen molar-refractivity contribution in [1.82, 2.24) is 9.97 Å². The van der Waals surface area contributed by atoms with E-state index >= 15 is 0 Å². The monoisotopic (exact) mass is 153 g/mol. The second kappa shape index (κ2) is 4.13. The Balaban J connectivity index is 2.14. The molecule has 0 bridgehead atoms. The molecule has 3 heteroatoms. The molecule has 0 fully saturated rings. The summed E-state index contributed by atoms with van der Waals surface area (Å²) in [5, 5.41) is 0. The van der Waals surface area contributed by atoms with Crippen LogP contribution in [0.1, 0.15) is 12.7 Å². The van der Waals surface area contributed by atoms with Gasteiger partial charge in [0, 0.05) is 18.8 Å². The van der Waals surface area contributed by atoms with Crippen molar-refractivity contribution in [2.45, 2.75) is 19.4 Å². The van der Waals surface area contributed by atoms with Crippen molar-refractivity contribution in [3.63, 3.8) is 0 Å². The van der Waals surface area contributed by atoms with Crippen LogP contribution in [0.15, 0.2) is 12.4 Å². The van der Waals surface area contributed by atoms with Crippen molar-refractivity contribution in [1.29, 1.82) is 0 Å². The van der Waals surface area contributed by atoms with Gasteiger partial charge in [-0.05, 0) is 13.8 Å². The Hall–Kier alpha value is -0.830. The predicted molar refractivity (Wildman–Crippen MR) is 43.1 cm³/mol. The Bertz CT molecular complexity index is 182. The molecule has 0 aliphatic heterocycles. The fourth-order valence-electron chi connectivity index (χ4n) is 0.791. The number of imidazole rings is 1. The molecule has 0 spiro atoms. The summed E-state index contributed by atoms with van der Waals surface area (Å²) in [6.45, 7) is 6.30. The Kier molecular flexibility index (Phi) is 3.11. The number of aromatic amines is 1. The van der Waals surface area contributed by atoms with Crippen LogP contribution in [-0.2, 0) is 11.2 Å². The van der Waals surface area contributed by atoms with Crippen LogP contribution in [0.2, 0.25) is 0 Å². The summed E-state index contributed by atoms with van der Waals surface area (Å²) >= 11 is 0. The molecule has 0 amide bonds. The maximum Gasteiger partial charge on any atom is 0.108 e. The lowest BCUT2D eigenvalue weighted by Gasteiger charge is -2.04. The molecule has 1 rings (SSSR count). The summed E-state index contributed by atoms with van der Waals surface area (Å²) in [5.41, 5.74) is 0. The van der Waals surface area contributed by atoms with Crippen LogP contribution in [0, 0.1) is 6.92 Å². The summed E-state index contributed by atoms with van der Waals surface area (Å²) in [6, 6.07) is 0. The van der Waals surface area contributed by atoms with Gasteiger partial charge in [-0.2, -0.15) is 0 Å². The van der Waals surface area contributed by atoms with E-state index in [9.17, 15) is 0 Å². The third-order valence-electron chi connectivity index (χ3n) is 1.30. The number of nitrogens with zero attached hydrogens (tertiary/aromatic N) is 1. The van der Waals surface area contributed by atoms with Crippen molar-refractivity contribution in [3.05, 3.63) is 25.1 Å². The van der Waals surface area contributed by atoms with E-state index in [0.29, 0.717) is 6.61 Å². The standard InChI is InChI=1S/C8H13N2O/c1-7(2)11-6-3-8-9-4-5-10-8/h4-5,7H,1,3,6H2,2H3,(H,9,10). The van der Waals surface area contributed by atoms with Crippen molar-refractivity contribution in [3.8, 4) is 0 Å². The topological polar surface area (TPSA) is 37.9 Å². The van der Waals surface area contributed by atoms with Gasteiger partial charge in [-0.1, -0.05) is 0 Å². The average molecular weight is 153 g/mol. The first-order valence-corrected chi connectivity index (χ1v) is 3.72. The molecule has 0 saturated heterocycles. The van der Waals surface area contributed by atoms with Gasteiger partial charge in [-0.3, -0.25) is 0 Å². The van der Waals surface area contributed by atoms with Gasteiger partial charge in [-0.15, -0.1) is 0 Å². The lowest BCUT2D eigenvalue weighted by Crippen LogP contribution is -2.06. The Morgan fingerprint density at radius 2 is 2.64 bits per heavy atom. The maximum absolute atomic E-state index is 5.24. The lowest BCUT2D eigenvalue weighted by atomic mass is 10.4. The quantitative estimate of drug-likeness (QED) is 0.705. The first kappa shape index (κ1) is 8.27. The van der Waals surface area contributed by atoms with Crippen molar-refractivity contribution < 1.29 is 4.74 Å². The van der Waals surface area contributed by atoms with Crippen molar-refractivity contribution >= 4 is 0 Å². The molecular formula is C8H13N2O. The highest BCUT2D eigenvalue weighted by molar-refractivity contribution is 4.86. The first-order valence-electron chi connectivity index (χ1n) is 3.72. The fraction of sp³-hybridized carbons (Fsp3) is 0.500. The average Bonchev–Trinajstić information content (AvgIpc) is 2.39. The Morgan fingerprint density at radius 3 is 3.18 bits per heavy atom. The highest BCUT2D eigenvalue weighted by Gasteiger charge is 1.96. The molecule has 0 aliphatic rings. The van der Waals surface area contributed by atoms with E-state index in [1.165, 1.54) is 0 Å². The zero-order chi connectivity index (χ0) is 8.10. The molecule has 0 aliphatic carbocycles. The zero-order valence-electron chi connectivity index (χ0n) is 6.71. The molecule has 11 heavy (non-hydrogen) atoms. The molecule has 0 saturated carbocycles. The molecular weight excluding hydrogens is 140 g/mol. The van der Waals surface area contributed by atoms with Crippen LogP contribution < -0.4 is 0 Å². The summed E-state index contributed by atoms with van der Waals surface area (Å²) in [5.74, 6) is 0.964. The zero-order valence-corrected chi connectivity index (χ0v) is 6.71. The third kappa shape index (κ3) is 3.18. The van der Waals surface area contributed by atoms with Gasteiger partial charge in [0.25, 0.3) is 0 Å². The number of aromatic nitrogens is 2.